The number of rotatable bonds is 6. The summed E-state index contributed by atoms with van der Waals surface area (Å²) in [6, 6.07) is 8.48. The van der Waals surface area contributed by atoms with E-state index in [-0.39, 0.29) is 30.3 Å². The van der Waals surface area contributed by atoms with Crippen molar-refractivity contribution in [3.8, 4) is 0 Å². The van der Waals surface area contributed by atoms with Crippen LogP contribution < -0.4 is 11.1 Å². The van der Waals surface area contributed by atoms with Crippen LogP contribution in [0.2, 0.25) is 0 Å². The summed E-state index contributed by atoms with van der Waals surface area (Å²) in [7, 11) is 0. The molecule has 2 rings (SSSR count). The highest BCUT2D eigenvalue weighted by Gasteiger charge is 2.29. The average Bonchev–Trinajstić information content (AvgIpc) is 2.91. The second-order valence-corrected chi connectivity index (χ2v) is 6.90. The minimum atomic E-state index is 0. The van der Waals surface area contributed by atoms with Crippen molar-refractivity contribution in [2.45, 2.75) is 45.1 Å². The molecule has 1 aliphatic carbocycles. The monoisotopic (exact) mass is 388 g/mol. The quantitative estimate of drug-likeness (QED) is 0.779. The number of amides is 1. The molecule has 124 valence electrons. The van der Waals surface area contributed by atoms with Crippen LogP contribution in [0.5, 0.6) is 0 Å². The third-order valence-electron chi connectivity index (χ3n) is 4.52. The molecule has 0 saturated heterocycles. The third-order valence-corrected chi connectivity index (χ3v) is 5.02. The Hall–Kier alpha value is -0.580. The summed E-state index contributed by atoms with van der Waals surface area (Å²) in [5.41, 5.74) is 6.99. The molecule has 1 saturated carbocycles. The Labute approximate surface area is 148 Å². The number of hydrogen-bond acceptors (Lipinski definition) is 2. The largest absolute Gasteiger partial charge is 0.353 e. The summed E-state index contributed by atoms with van der Waals surface area (Å²) >= 11 is 3.48. The minimum absolute atomic E-state index is 0. The number of benzene rings is 1. The van der Waals surface area contributed by atoms with E-state index in [2.05, 4.69) is 40.3 Å². The number of carbonyl (C=O) groups excluding carboxylic acids is 1. The van der Waals surface area contributed by atoms with Gasteiger partial charge in [-0.1, -0.05) is 41.4 Å². The average molecular weight is 390 g/mol. The van der Waals surface area contributed by atoms with Gasteiger partial charge in [0.1, 0.15) is 0 Å². The summed E-state index contributed by atoms with van der Waals surface area (Å²) < 4.78 is 1.06. The molecule has 1 amide bonds. The summed E-state index contributed by atoms with van der Waals surface area (Å²) in [4.78, 5) is 12.5. The van der Waals surface area contributed by atoms with Crippen molar-refractivity contribution >= 4 is 34.2 Å². The second-order valence-electron chi connectivity index (χ2n) is 5.98. The van der Waals surface area contributed by atoms with Crippen molar-refractivity contribution in [3.63, 3.8) is 0 Å². The SMILES string of the molecule is CCC(Cc1cccc(Br)c1)C(=O)NC1CCCC1CN.Cl. The molecule has 0 radical (unpaired) electrons. The van der Waals surface area contributed by atoms with E-state index in [0.29, 0.717) is 12.5 Å². The molecule has 3 atom stereocenters. The first-order valence-electron chi connectivity index (χ1n) is 7.89. The summed E-state index contributed by atoms with van der Waals surface area (Å²) in [6.07, 6.45) is 5.04. The molecule has 0 bridgehead atoms. The molecule has 1 aliphatic rings. The van der Waals surface area contributed by atoms with Gasteiger partial charge < -0.3 is 11.1 Å². The Bertz CT molecular complexity index is 483. The van der Waals surface area contributed by atoms with Crippen LogP contribution in [0.1, 0.15) is 38.2 Å². The van der Waals surface area contributed by atoms with Crippen LogP contribution in [0.25, 0.3) is 0 Å². The lowest BCUT2D eigenvalue weighted by molar-refractivity contribution is -0.126. The zero-order chi connectivity index (χ0) is 15.2. The van der Waals surface area contributed by atoms with Gasteiger partial charge in [0.2, 0.25) is 5.91 Å². The van der Waals surface area contributed by atoms with Crippen molar-refractivity contribution in [1.82, 2.24) is 5.32 Å². The Kier molecular flexibility index (Phi) is 8.44. The number of nitrogens with two attached hydrogens (primary N) is 1. The molecule has 3 unspecified atom stereocenters. The minimum Gasteiger partial charge on any atom is -0.353 e. The van der Waals surface area contributed by atoms with E-state index in [0.717, 1.165) is 30.2 Å². The van der Waals surface area contributed by atoms with Gasteiger partial charge in [0.25, 0.3) is 0 Å². The molecule has 3 N–H and O–H groups in total. The summed E-state index contributed by atoms with van der Waals surface area (Å²) in [5.74, 6) is 0.679. The van der Waals surface area contributed by atoms with Gasteiger partial charge in [-0.3, -0.25) is 4.79 Å². The molecular weight excluding hydrogens is 364 g/mol. The number of halogens is 2. The first kappa shape index (κ1) is 19.5. The van der Waals surface area contributed by atoms with Crippen molar-refractivity contribution in [1.29, 1.82) is 0 Å². The predicted octanol–water partition coefficient (Wildman–Crippen LogP) is 3.68. The fourth-order valence-electron chi connectivity index (χ4n) is 3.18. The topological polar surface area (TPSA) is 55.1 Å². The van der Waals surface area contributed by atoms with E-state index in [1.807, 2.05) is 12.1 Å². The molecule has 1 aromatic carbocycles. The Balaban J connectivity index is 0.00000242. The van der Waals surface area contributed by atoms with Crippen molar-refractivity contribution in [2.75, 3.05) is 6.54 Å². The molecule has 5 heteroatoms. The van der Waals surface area contributed by atoms with Gasteiger partial charge in [0.05, 0.1) is 0 Å². The number of carbonyl (C=O) groups is 1. The van der Waals surface area contributed by atoms with E-state index >= 15 is 0 Å². The fraction of sp³-hybridized carbons (Fsp3) is 0.588. The van der Waals surface area contributed by atoms with Gasteiger partial charge in [-0.05, 0) is 55.8 Å². The van der Waals surface area contributed by atoms with E-state index in [1.54, 1.807) is 0 Å². The molecule has 22 heavy (non-hydrogen) atoms. The summed E-state index contributed by atoms with van der Waals surface area (Å²) in [6.45, 7) is 2.75. The van der Waals surface area contributed by atoms with Gasteiger partial charge >= 0.3 is 0 Å². The third kappa shape index (κ3) is 5.25. The van der Waals surface area contributed by atoms with Crippen LogP contribution in [-0.4, -0.2) is 18.5 Å². The molecule has 0 aromatic heterocycles. The van der Waals surface area contributed by atoms with Crippen LogP contribution in [0.4, 0.5) is 0 Å². The van der Waals surface area contributed by atoms with Crippen LogP contribution in [-0.2, 0) is 11.2 Å². The highest BCUT2D eigenvalue weighted by atomic mass is 79.9. The lowest BCUT2D eigenvalue weighted by Crippen LogP contribution is -2.43. The zero-order valence-electron chi connectivity index (χ0n) is 13.1. The van der Waals surface area contributed by atoms with Gasteiger partial charge in [-0.25, -0.2) is 0 Å². The maximum atomic E-state index is 12.5. The van der Waals surface area contributed by atoms with Crippen LogP contribution in [0.3, 0.4) is 0 Å². The van der Waals surface area contributed by atoms with E-state index in [1.165, 1.54) is 12.0 Å². The molecular formula is C17H26BrClN2O. The van der Waals surface area contributed by atoms with E-state index in [4.69, 9.17) is 5.73 Å². The molecule has 0 spiro atoms. The lowest BCUT2D eigenvalue weighted by Gasteiger charge is -2.23. The fourth-order valence-corrected chi connectivity index (χ4v) is 3.63. The lowest BCUT2D eigenvalue weighted by atomic mass is 9.95. The normalized spacial score (nSPS) is 22.0. The van der Waals surface area contributed by atoms with Crippen molar-refractivity contribution < 1.29 is 4.79 Å². The first-order chi connectivity index (χ1) is 10.1. The summed E-state index contributed by atoms with van der Waals surface area (Å²) in [5, 5.41) is 3.24. The van der Waals surface area contributed by atoms with Crippen molar-refractivity contribution in [3.05, 3.63) is 34.3 Å². The van der Waals surface area contributed by atoms with E-state index < -0.39 is 0 Å². The van der Waals surface area contributed by atoms with Gasteiger partial charge in [0, 0.05) is 16.4 Å². The molecule has 1 fully saturated rings. The Morgan fingerprint density at radius 1 is 1.45 bits per heavy atom. The van der Waals surface area contributed by atoms with Crippen LogP contribution in [0.15, 0.2) is 28.7 Å². The highest BCUT2D eigenvalue weighted by Crippen LogP contribution is 2.25. The second kappa shape index (κ2) is 9.53. The molecule has 0 heterocycles. The zero-order valence-corrected chi connectivity index (χ0v) is 15.5. The van der Waals surface area contributed by atoms with Gasteiger partial charge in [0.15, 0.2) is 0 Å². The number of nitrogens with one attached hydrogen (secondary N) is 1. The highest BCUT2D eigenvalue weighted by molar-refractivity contribution is 9.10. The van der Waals surface area contributed by atoms with E-state index in [9.17, 15) is 4.79 Å². The van der Waals surface area contributed by atoms with Crippen LogP contribution >= 0.6 is 28.3 Å². The Morgan fingerprint density at radius 3 is 2.86 bits per heavy atom. The predicted molar refractivity (Wildman–Crippen MR) is 97.2 cm³/mol. The maximum Gasteiger partial charge on any atom is 0.223 e. The number of hydrogen-bond donors (Lipinski definition) is 2. The van der Waals surface area contributed by atoms with Gasteiger partial charge in [-0.15, -0.1) is 12.4 Å². The van der Waals surface area contributed by atoms with Gasteiger partial charge in [-0.2, -0.15) is 0 Å². The first-order valence-corrected chi connectivity index (χ1v) is 8.68. The van der Waals surface area contributed by atoms with Crippen molar-refractivity contribution in [2.24, 2.45) is 17.6 Å². The molecule has 3 nitrogen and oxygen atoms in total. The standard InChI is InChI=1S/C17H25BrN2O.ClH/c1-2-13(9-12-5-3-7-15(18)10-12)17(21)20-16-8-4-6-14(16)11-19;/h3,5,7,10,13-14,16H,2,4,6,8-9,11,19H2,1H3,(H,20,21);1H. The molecule has 0 aliphatic heterocycles. The Morgan fingerprint density at radius 2 is 2.23 bits per heavy atom. The maximum absolute atomic E-state index is 12.5. The molecule has 1 aromatic rings. The smallest absolute Gasteiger partial charge is 0.223 e. The van der Waals surface area contributed by atoms with Crippen LogP contribution in [0, 0.1) is 11.8 Å².